The zero-order valence-corrected chi connectivity index (χ0v) is 12.0. The highest BCUT2D eigenvalue weighted by molar-refractivity contribution is 9.10. The topological polar surface area (TPSA) is 38.7 Å². The number of phenolic OH excluding ortho intramolecular Hbond substituents is 1. The maximum atomic E-state index is 9.90. The summed E-state index contributed by atoms with van der Waals surface area (Å²) >= 11 is 3.41. The molecule has 0 atom stereocenters. The van der Waals surface area contributed by atoms with E-state index in [-0.39, 0.29) is 5.75 Å². The molecule has 0 radical (unpaired) electrons. The van der Waals surface area contributed by atoms with Crippen LogP contribution >= 0.6 is 15.9 Å². The normalized spacial score (nSPS) is 21.8. The van der Waals surface area contributed by atoms with E-state index in [2.05, 4.69) is 15.9 Å². The minimum Gasteiger partial charge on any atom is -0.508 e. The zero-order chi connectivity index (χ0) is 12.8. The molecule has 1 saturated heterocycles. The van der Waals surface area contributed by atoms with Crippen molar-refractivity contribution in [3.05, 3.63) is 22.7 Å². The number of hydrogen-bond acceptors (Lipinski definition) is 3. The van der Waals surface area contributed by atoms with Gasteiger partial charge in [-0.2, -0.15) is 0 Å². The fourth-order valence-corrected chi connectivity index (χ4v) is 2.26. The number of aromatic hydroxyl groups is 1. The van der Waals surface area contributed by atoms with Crippen molar-refractivity contribution < 1.29 is 14.4 Å². The van der Waals surface area contributed by atoms with Crippen LogP contribution < -0.4 is 5.46 Å². The third-order valence-electron chi connectivity index (χ3n) is 3.52. The highest BCUT2D eigenvalue weighted by Gasteiger charge is 2.52. The summed E-state index contributed by atoms with van der Waals surface area (Å²) in [5.41, 5.74) is -0.162. The van der Waals surface area contributed by atoms with Crippen LogP contribution in [0, 0.1) is 0 Å². The van der Waals surface area contributed by atoms with Crippen molar-refractivity contribution in [3.63, 3.8) is 0 Å². The van der Waals surface area contributed by atoms with Gasteiger partial charge >= 0.3 is 7.12 Å². The molecule has 0 spiro atoms. The van der Waals surface area contributed by atoms with Crippen LogP contribution in [0.25, 0.3) is 0 Å². The average molecular weight is 299 g/mol. The monoisotopic (exact) mass is 298 g/mol. The van der Waals surface area contributed by atoms with Gasteiger partial charge in [0, 0.05) is 9.94 Å². The second-order valence-electron chi connectivity index (χ2n) is 5.26. The molecule has 1 N–H and O–H groups in total. The Bertz CT molecular complexity index is 409. The number of halogens is 1. The van der Waals surface area contributed by atoms with Gasteiger partial charge in [-0.05, 0) is 39.8 Å². The summed E-state index contributed by atoms with van der Waals surface area (Å²) in [7, 11) is -0.546. The van der Waals surface area contributed by atoms with Gasteiger partial charge in [0.15, 0.2) is 0 Å². The fraction of sp³-hybridized carbons (Fsp3) is 0.500. The smallest absolute Gasteiger partial charge is 0.499 e. The van der Waals surface area contributed by atoms with Crippen molar-refractivity contribution in [2.75, 3.05) is 0 Å². The summed E-state index contributed by atoms with van der Waals surface area (Å²) in [6, 6.07) is 5.26. The minimum absolute atomic E-state index is 0.179. The van der Waals surface area contributed by atoms with Crippen LogP contribution in [0.5, 0.6) is 5.75 Å². The summed E-state index contributed by atoms with van der Waals surface area (Å²) in [6.07, 6.45) is 0. The molecule has 92 valence electrons. The SMILES string of the molecule is CC1(C)OB(c2c(O)cccc2Br)OC1(C)C. The first-order valence-corrected chi connectivity index (χ1v) is 6.37. The molecule has 17 heavy (non-hydrogen) atoms. The lowest BCUT2D eigenvalue weighted by Crippen LogP contribution is -2.41. The second kappa shape index (κ2) is 4.00. The first-order chi connectivity index (χ1) is 7.74. The Morgan fingerprint density at radius 1 is 1.12 bits per heavy atom. The predicted molar refractivity (Wildman–Crippen MR) is 71.5 cm³/mol. The molecule has 3 nitrogen and oxygen atoms in total. The van der Waals surface area contributed by atoms with Crippen molar-refractivity contribution >= 4 is 28.5 Å². The molecule has 1 aliphatic heterocycles. The number of rotatable bonds is 1. The third kappa shape index (κ3) is 2.12. The first kappa shape index (κ1) is 12.9. The van der Waals surface area contributed by atoms with E-state index < -0.39 is 18.3 Å². The van der Waals surface area contributed by atoms with E-state index in [0.29, 0.717) is 5.46 Å². The molecule has 0 unspecified atom stereocenters. The van der Waals surface area contributed by atoms with Crippen LogP contribution in [0.3, 0.4) is 0 Å². The van der Waals surface area contributed by atoms with Crippen molar-refractivity contribution in [1.29, 1.82) is 0 Å². The molecular weight excluding hydrogens is 283 g/mol. The summed E-state index contributed by atoms with van der Waals surface area (Å²) in [5.74, 6) is 0.179. The fourth-order valence-electron chi connectivity index (χ4n) is 1.72. The molecule has 5 heteroatoms. The molecular formula is C12H16BBrO3. The number of phenols is 1. The number of benzene rings is 1. The zero-order valence-electron chi connectivity index (χ0n) is 10.5. The lowest BCUT2D eigenvalue weighted by atomic mass is 9.78. The van der Waals surface area contributed by atoms with E-state index in [0.717, 1.165) is 4.47 Å². The quantitative estimate of drug-likeness (QED) is 0.810. The van der Waals surface area contributed by atoms with Gasteiger partial charge < -0.3 is 14.4 Å². The van der Waals surface area contributed by atoms with Gasteiger partial charge in [0.1, 0.15) is 5.75 Å². The molecule has 1 aromatic carbocycles. The van der Waals surface area contributed by atoms with Crippen molar-refractivity contribution in [2.24, 2.45) is 0 Å². The van der Waals surface area contributed by atoms with Gasteiger partial charge in [0.2, 0.25) is 0 Å². The van der Waals surface area contributed by atoms with Crippen LogP contribution in [0.1, 0.15) is 27.7 Å². The molecule has 1 fully saturated rings. The van der Waals surface area contributed by atoms with Crippen LogP contribution in [0.15, 0.2) is 22.7 Å². The van der Waals surface area contributed by atoms with Crippen LogP contribution in [-0.4, -0.2) is 23.4 Å². The molecule has 2 rings (SSSR count). The molecule has 1 aliphatic rings. The lowest BCUT2D eigenvalue weighted by Gasteiger charge is -2.32. The van der Waals surface area contributed by atoms with Gasteiger partial charge in [-0.25, -0.2) is 0 Å². The van der Waals surface area contributed by atoms with Crippen LogP contribution in [0.4, 0.5) is 0 Å². The standard InChI is InChI=1S/C12H16BBrO3/c1-11(2)12(3,4)17-13(16-11)10-8(14)6-5-7-9(10)15/h5-7,15H,1-4H3. The Kier molecular flexibility index (Phi) is 3.05. The molecule has 0 amide bonds. The van der Waals surface area contributed by atoms with Crippen molar-refractivity contribution in [1.82, 2.24) is 0 Å². The Labute approximate surface area is 110 Å². The highest BCUT2D eigenvalue weighted by Crippen LogP contribution is 2.37. The number of hydrogen-bond donors (Lipinski definition) is 1. The van der Waals surface area contributed by atoms with E-state index in [1.807, 2.05) is 33.8 Å². The highest BCUT2D eigenvalue weighted by atomic mass is 79.9. The van der Waals surface area contributed by atoms with Crippen molar-refractivity contribution in [2.45, 2.75) is 38.9 Å². The molecule has 1 aromatic rings. The summed E-state index contributed by atoms with van der Waals surface area (Å²) in [5, 5.41) is 9.90. The molecule has 0 aliphatic carbocycles. The first-order valence-electron chi connectivity index (χ1n) is 5.57. The molecule has 0 bridgehead atoms. The largest absolute Gasteiger partial charge is 0.508 e. The Hall–Kier alpha value is -0.515. The van der Waals surface area contributed by atoms with Gasteiger partial charge in [-0.3, -0.25) is 0 Å². The third-order valence-corrected chi connectivity index (χ3v) is 4.21. The maximum Gasteiger partial charge on any atom is 0.499 e. The van der Waals surface area contributed by atoms with Gasteiger partial charge in [0.05, 0.1) is 11.2 Å². The molecule has 0 aromatic heterocycles. The van der Waals surface area contributed by atoms with Gasteiger partial charge in [-0.1, -0.05) is 22.0 Å². The van der Waals surface area contributed by atoms with E-state index in [9.17, 15) is 5.11 Å². The Balaban J connectivity index is 2.39. The van der Waals surface area contributed by atoms with Gasteiger partial charge in [0.25, 0.3) is 0 Å². The molecule has 0 saturated carbocycles. The van der Waals surface area contributed by atoms with Crippen LogP contribution in [0.2, 0.25) is 0 Å². The summed E-state index contributed by atoms with van der Waals surface area (Å²) in [4.78, 5) is 0. The van der Waals surface area contributed by atoms with E-state index in [1.54, 1.807) is 12.1 Å². The Morgan fingerprint density at radius 2 is 1.65 bits per heavy atom. The maximum absolute atomic E-state index is 9.90. The van der Waals surface area contributed by atoms with E-state index in [1.165, 1.54) is 0 Å². The second-order valence-corrected chi connectivity index (χ2v) is 6.12. The van der Waals surface area contributed by atoms with Crippen LogP contribution in [-0.2, 0) is 9.31 Å². The average Bonchev–Trinajstić information content (AvgIpc) is 2.35. The predicted octanol–water partition coefficient (Wildman–Crippen LogP) is 2.45. The van der Waals surface area contributed by atoms with Crippen molar-refractivity contribution in [3.8, 4) is 5.75 Å². The van der Waals surface area contributed by atoms with Gasteiger partial charge in [-0.15, -0.1) is 0 Å². The van der Waals surface area contributed by atoms with E-state index in [4.69, 9.17) is 9.31 Å². The van der Waals surface area contributed by atoms with E-state index >= 15 is 0 Å². The Morgan fingerprint density at radius 3 is 2.12 bits per heavy atom. The summed E-state index contributed by atoms with van der Waals surface area (Å²) < 4.78 is 12.6. The molecule has 1 heterocycles. The lowest BCUT2D eigenvalue weighted by molar-refractivity contribution is 0.00578. The summed E-state index contributed by atoms with van der Waals surface area (Å²) in [6.45, 7) is 7.95. The minimum atomic E-state index is -0.546.